The van der Waals surface area contributed by atoms with E-state index in [1.54, 1.807) is 17.7 Å². The third-order valence-corrected chi connectivity index (χ3v) is 7.03. The van der Waals surface area contributed by atoms with Gasteiger partial charge in [-0.2, -0.15) is 5.10 Å². The summed E-state index contributed by atoms with van der Waals surface area (Å²) in [6, 6.07) is 6.09. The minimum absolute atomic E-state index is 0.0618. The molecule has 2 aromatic rings. The lowest BCUT2D eigenvalue weighted by Crippen LogP contribution is -2.46. The molecule has 1 aromatic carbocycles. The maximum Gasteiger partial charge on any atom is 0.573 e. The molecule has 2 saturated heterocycles. The van der Waals surface area contributed by atoms with Gasteiger partial charge in [-0.25, -0.2) is 4.68 Å². The van der Waals surface area contributed by atoms with Gasteiger partial charge in [-0.05, 0) is 51.2 Å². The van der Waals surface area contributed by atoms with Crippen molar-refractivity contribution in [1.29, 1.82) is 0 Å². The molecule has 3 heterocycles. The van der Waals surface area contributed by atoms with E-state index in [9.17, 15) is 23.1 Å². The molecular weight excluding hydrogens is 449 g/mol. The molecule has 7 nitrogen and oxygen atoms in total. The van der Waals surface area contributed by atoms with Gasteiger partial charge in [-0.15, -0.1) is 13.2 Å². The maximum absolute atomic E-state index is 13.6. The maximum atomic E-state index is 13.6. The van der Waals surface area contributed by atoms with Gasteiger partial charge in [0.25, 0.3) is 5.91 Å². The zero-order valence-corrected chi connectivity index (χ0v) is 19.1. The Balaban J connectivity index is 1.37. The first-order chi connectivity index (χ1) is 16.2. The number of hydrogen-bond acceptors (Lipinski definition) is 5. The summed E-state index contributed by atoms with van der Waals surface area (Å²) in [4.78, 5) is 17.8. The van der Waals surface area contributed by atoms with E-state index in [1.807, 2.05) is 4.90 Å². The number of β-amino-alcohol motifs (C(OH)–C–C–N with tert-alkyl or cyclic N) is 1. The molecule has 0 unspecified atom stereocenters. The monoisotopic (exact) mass is 478 g/mol. The third-order valence-electron chi connectivity index (χ3n) is 7.03. The van der Waals surface area contributed by atoms with E-state index < -0.39 is 6.36 Å². The second kappa shape index (κ2) is 8.88. The number of alkyl halides is 3. The molecule has 34 heavy (non-hydrogen) atoms. The van der Waals surface area contributed by atoms with E-state index in [0.717, 1.165) is 44.3 Å². The lowest BCUT2D eigenvalue weighted by molar-refractivity contribution is -0.274. The molecule has 10 heteroatoms. The molecule has 1 N–H and O–H groups in total. The summed E-state index contributed by atoms with van der Waals surface area (Å²) in [6.45, 7) is 4.66. The predicted molar refractivity (Wildman–Crippen MR) is 118 cm³/mol. The number of amides is 1. The number of hydrogen-bond donors (Lipinski definition) is 1. The van der Waals surface area contributed by atoms with Crippen molar-refractivity contribution in [3.05, 3.63) is 41.2 Å². The number of nitrogens with zero attached hydrogens (tertiary/aromatic N) is 4. The third kappa shape index (κ3) is 4.79. The van der Waals surface area contributed by atoms with Crippen molar-refractivity contribution in [2.45, 2.75) is 63.5 Å². The fourth-order valence-corrected chi connectivity index (χ4v) is 5.24. The quantitative estimate of drug-likeness (QED) is 0.711. The number of carbonyl (C=O) groups excluding carboxylic acids is 1. The minimum atomic E-state index is -4.78. The van der Waals surface area contributed by atoms with Crippen molar-refractivity contribution in [2.24, 2.45) is 0 Å². The second-order valence-corrected chi connectivity index (χ2v) is 9.54. The standard InChI is InChI=1S/C24H29F3N4O3/c1-15-21(23(33)29-10-7-17(8-11-29)30-12-9-19(32)14-30)22(16-5-6-16)31(28-15)18-3-2-4-20(13-18)34-24(25,26)27/h2-4,13,16-17,19,32H,5-12,14H2,1H3/t19-/m1/s1. The number of aryl methyl sites for hydroxylation is 1. The summed E-state index contributed by atoms with van der Waals surface area (Å²) in [5, 5.41) is 14.4. The van der Waals surface area contributed by atoms with Crippen molar-refractivity contribution in [1.82, 2.24) is 19.6 Å². The van der Waals surface area contributed by atoms with Gasteiger partial charge in [0.1, 0.15) is 5.75 Å². The molecule has 1 atom stereocenters. The highest BCUT2D eigenvalue weighted by Gasteiger charge is 2.38. The number of likely N-dealkylation sites (tertiary alicyclic amines) is 2. The Kier molecular flexibility index (Phi) is 6.05. The first-order valence-corrected chi connectivity index (χ1v) is 11.9. The van der Waals surface area contributed by atoms with Gasteiger partial charge in [-0.3, -0.25) is 9.69 Å². The van der Waals surface area contributed by atoms with Crippen LogP contribution in [0.2, 0.25) is 0 Å². The van der Waals surface area contributed by atoms with Crippen LogP contribution < -0.4 is 4.74 Å². The Morgan fingerprint density at radius 3 is 2.47 bits per heavy atom. The summed E-state index contributed by atoms with van der Waals surface area (Å²) in [5.74, 6) is -0.217. The molecule has 5 rings (SSSR count). The average molecular weight is 479 g/mol. The number of benzene rings is 1. The highest BCUT2D eigenvalue weighted by Crippen LogP contribution is 2.44. The molecule has 1 aromatic heterocycles. The van der Waals surface area contributed by atoms with Gasteiger partial charge in [0.05, 0.1) is 28.7 Å². The van der Waals surface area contributed by atoms with Gasteiger partial charge in [0, 0.05) is 44.2 Å². The fourth-order valence-electron chi connectivity index (χ4n) is 5.24. The zero-order valence-electron chi connectivity index (χ0n) is 19.1. The molecule has 184 valence electrons. The average Bonchev–Trinajstić information content (AvgIpc) is 3.44. The van der Waals surface area contributed by atoms with Gasteiger partial charge < -0.3 is 14.7 Å². The molecule has 2 aliphatic heterocycles. The topological polar surface area (TPSA) is 70.8 Å². The largest absolute Gasteiger partial charge is 0.573 e. The Morgan fingerprint density at radius 2 is 1.85 bits per heavy atom. The smallest absolute Gasteiger partial charge is 0.406 e. The number of aromatic nitrogens is 2. The van der Waals surface area contributed by atoms with E-state index in [2.05, 4.69) is 14.7 Å². The highest BCUT2D eigenvalue weighted by molar-refractivity contribution is 5.97. The molecule has 1 aliphatic carbocycles. The van der Waals surface area contributed by atoms with Crippen molar-refractivity contribution in [2.75, 3.05) is 26.2 Å². The van der Waals surface area contributed by atoms with Crippen molar-refractivity contribution < 1.29 is 27.8 Å². The normalized spacial score (nSPS) is 22.4. The van der Waals surface area contributed by atoms with Gasteiger partial charge in [-0.1, -0.05) is 6.07 Å². The molecule has 0 radical (unpaired) electrons. The Labute approximate surface area is 196 Å². The van der Waals surface area contributed by atoms with E-state index in [1.165, 1.54) is 18.2 Å². The van der Waals surface area contributed by atoms with Crippen LogP contribution in [0.5, 0.6) is 5.75 Å². The molecule has 0 spiro atoms. The Hall–Kier alpha value is -2.59. The zero-order chi connectivity index (χ0) is 24.0. The Morgan fingerprint density at radius 1 is 1.12 bits per heavy atom. The summed E-state index contributed by atoms with van der Waals surface area (Å²) in [5.41, 5.74) is 2.37. The minimum Gasteiger partial charge on any atom is -0.406 e. The number of halogens is 3. The van der Waals surface area contributed by atoms with Crippen LogP contribution in [-0.4, -0.2) is 75.3 Å². The molecule has 1 amide bonds. The molecule has 0 bridgehead atoms. The second-order valence-electron chi connectivity index (χ2n) is 9.54. The molecule has 3 aliphatic rings. The Bertz CT molecular complexity index is 1060. The number of aliphatic hydroxyl groups excluding tert-OH is 1. The van der Waals surface area contributed by atoms with Crippen molar-refractivity contribution in [3.8, 4) is 11.4 Å². The number of aliphatic hydroxyl groups is 1. The predicted octanol–water partition coefficient (Wildman–Crippen LogP) is 3.63. The van der Waals surface area contributed by atoms with Crippen LogP contribution in [0, 0.1) is 6.92 Å². The summed E-state index contributed by atoms with van der Waals surface area (Å²) < 4.78 is 43.8. The van der Waals surface area contributed by atoms with Crippen LogP contribution in [0.3, 0.4) is 0 Å². The van der Waals surface area contributed by atoms with Crippen LogP contribution >= 0.6 is 0 Å². The van der Waals surface area contributed by atoms with Crippen LogP contribution in [0.4, 0.5) is 13.2 Å². The molecule has 1 saturated carbocycles. The van der Waals surface area contributed by atoms with Crippen LogP contribution in [-0.2, 0) is 0 Å². The van der Waals surface area contributed by atoms with Gasteiger partial charge >= 0.3 is 6.36 Å². The molecule has 3 fully saturated rings. The fraction of sp³-hybridized carbons (Fsp3) is 0.583. The number of carbonyl (C=O) groups is 1. The van der Waals surface area contributed by atoms with Crippen LogP contribution in [0.25, 0.3) is 5.69 Å². The van der Waals surface area contributed by atoms with Crippen LogP contribution in [0.15, 0.2) is 24.3 Å². The number of ether oxygens (including phenoxy) is 1. The van der Waals surface area contributed by atoms with E-state index >= 15 is 0 Å². The lowest BCUT2D eigenvalue weighted by Gasteiger charge is -2.36. The van der Waals surface area contributed by atoms with Gasteiger partial charge in [0.15, 0.2) is 0 Å². The molecular formula is C24H29F3N4O3. The van der Waals surface area contributed by atoms with Crippen LogP contribution in [0.1, 0.15) is 59.8 Å². The highest BCUT2D eigenvalue weighted by atomic mass is 19.4. The van der Waals surface area contributed by atoms with Crippen molar-refractivity contribution >= 4 is 5.91 Å². The first kappa shape index (κ1) is 23.2. The van der Waals surface area contributed by atoms with Crippen molar-refractivity contribution in [3.63, 3.8) is 0 Å². The van der Waals surface area contributed by atoms with E-state index in [-0.39, 0.29) is 23.7 Å². The number of piperidine rings is 1. The van der Waals surface area contributed by atoms with E-state index in [0.29, 0.717) is 42.6 Å². The summed E-state index contributed by atoms with van der Waals surface area (Å²) in [7, 11) is 0. The SMILES string of the molecule is Cc1nn(-c2cccc(OC(F)(F)F)c2)c(C2CC2)c1C(=O)N1CCC(N2CC[C@@H](O)C2)CC1. The summed E-state index contributed by atoms with van der Waals surface area (Å²) in [6.07, 6.45) is -0.667. The first-order valence-electron chi connectivity index (χ1n) is 11.9. The van der Waals surface area contributed by atoms with Gasteiger partial charge in [0.2, 0.25) is 0 Å². The summed E-state index contributed by atoms with van der Waals surface area (Å²) >= 11 is 0. The number of rotatable bonds is 5. The lowest BCUT2D eigenvalue weighted by atomic mass is 10.0. The van der Waals surface area contributed by atoms with E-state index in [4.69, 9.17) is 0 Å².